The second kappa shape index (κ2) is 6.14. The predicted octanol–water partition coefficient (Wildman–Crippen LogP) is 2.76. The smallest absolute Gasteiger partial charge is 0.250 e. The zero-order chi connectivity index (χ0) is 13.7. The van der Waals surface area contributed by atoms with E-state index >= 15 is 0 Å². The van der Waals surface area contributed by atoms with Crippen molar-refractivity contribution in [2.24, 2.45) is 5.18 Å². The number of nitrogens with zero attached hydrogens (tertiary/aromatic N) is 3. The van der Waals surface area contributed by atoms with Crippen LogP contribution in [0, 0.1) is 4.91 Å². The fourth-order valence-electron chi connectivity index (χ4n) is 1.43. The van der Waals surface area contributed by atoms with Crippen molar-refractivity contribution in [1.29, 1.82) is 0 Å². The van der Waals surface area contributed by atoms with E-state index in [1.165, 1.54) is 11.8 Å². The highest BCUT2D eigenvalue weighted by molar-refractivity contribution is 7.98. The second-order valence-electron chi connectivity index (χ2n) is 3.61. The van der Waals surface area contributed by atoms with Crippen molar-refractivity contribution >= 4 is 23.3 Å². The minimum absolute atomic E-state index is 0.0254. The van der Waals surface area contributed by atoms with Gasteiger partial charge in [0.25, 0.3) is 0 Å². The van der Waals surface area contributed by atoms with Crippen LogP contribution < -0.4 is 10.5 Å². The highest BCUT2D eigenvalue weighted by Crippen LogP contribution is 2.32. The quantitative estimate of drug-likeness (QED) is 0.513. The molecular formula is C12H12N4O2S. The average molecular weight is 276 g/mol. The number of benzene rings is 1. The van der Waals surface area contributed by atoms with E-state index in [0.29, 0.717) is 5.16 Å². The van der Waals surface area contributed by atoms with Crippen molar-refractivity contribution in [2.75, 3.05) is 12.0 Å². The number of thioether (sulfide) groups is 1. The van der Waals surface area contributed by atoms with Gasteiger partial charge in [0.05, 0.1) is 0 Å². The third-order valence-corrected chi connectivity index (χ3v) is 2.90. The number of nitrogens with two attached hydrogens (primary N) is 1. The Morgan fingerprint density at radius 1 is 1.32 bits per heavy atom. The summed E-state index contributed by atoms with van der Waals surface area (Å²) in [7, 11) is 0. The van der Waals surface area contributed by atoms with E-state index < -0.39 is 0 Å². The normalized spacial score (nSPS) is 10.2. The Kier molecular flexibility index (Phi) is 4.30. The number of nitrogen functional groups attached to an aromatic ring is 1. The summed E-state index contributed by atoms with van der Waals surface area (Å²) in [5.41, 5.74) is 6.54. The van der Waals surface area contributed by atoms with E-state index in [1.54, 1.807) is 0 Å². The lowest BCUT2D eigenvalue weighted by molar-refractivity contribution is 0.292. The van der Waals surface area contributed by atoms with Crippen LogP contribution >= 0.6 is 11.8 Å². The molecule has 19 heavy (non-hydrogen) atoms. The van der Waals surface area contributed by atoms with Gasteiger partial charge >= 0.3 is 0 Å². The molecular weight excluding hydrogens is 264 g/mol. The van der Waals surface area contributed by atoms with E-state index in [0.717, 1.165) is 5.56 Å². The van der Waals surface area contributed by atoms with Gasteiger partial charge in [0, 0.05) is 0 Å². The summed E-state index contributed by atoms with van der Waals surface area (Å²) in [6.45, 7) is 0.285. The van der Waals surface area contributed by atoms with Crippen molar-refractivity contribution in [2.45, 2.75) is 11.8 Å². The number of hydrogen-bond donors (Lipinski definition) is 1. The molecule has 0 bridgehead atoms. The van der Waals surface area contributed by atoms with E-state index in [4.69, 9.17) is 10.5 Å². The molecule has 1 aromatic heterocycles. The van der Waals surface area contributed by atoms with Gasteiger partial charge in [-0.15, -0.1) is 4.91 Å². The molecule has 0 unspecified atom stereocenters. The van der Waals surface area contributed by atoms with Crippen LogP contribution in [0.4, 0.5) is 11.5 Å². The van der Waals surface area contributed by atoms with Crippen LogP contribution in [0.15, 0.2) is 40.7 Å². The SMILES string of the molecule is CSc1nc(N)c(N=O)c(OCc2ccccc2)n1. The maximum atomic E-state index is 10.8. The first-order valence-corrected chi connectivity index (χ1v) is 6.68. The Hall–Kier alpha value is -2.15. The molecule has 1 heterocycles. The summed E-state index contributed by atoms with van der Waals surface area (Å²) in [6, 6.07) is 9.54. The molecule has 0 aliphatic carbocycles. The third kappa shape index (κ3) is 3.19. The molecule has 2 aromatic rings. The molecule has 0 spiro atoms. The largest absolute Gasteiger partial charge is 0.471 e. The maximum Gasteiger partial charge on any atom is 0.250 e. The van der Waals surface area contributed by atoms with Crippen molar-refractivity contribution in [3.8, 4) is 5.88 Å². The van der Waals surface area contributed by atoms with Crippen LogP contribution in [0.5, 0.6) is 5.88 Å². The molecule has 7 heteroatoms. The highest BCUT2D eigenvalue weighted by Gasteiger charge is 2.14. The fourth-order valence-corrected chi connectivity index (χ4v) is 1.80. The van der Waals surface area contributed by atoms with Gasteiger partial charge < -0.3 is 10.5 Å². The lowest BCUT2D eigenvalue weighted by Crippen LogP contribution is -2.02. The molecule has 98 valence electrons. The van der Waals surface area contributed by atoms with Gasteiger partial charge in [-0.05, 0) is 17.0 Å². The van der Waals surface area contributed by atoms with Gasteiger partial charge in [0.2, 0.25) is 11.6 Å². The number of aromatic nitrogens is 2. The summed E-state index contributed by atoms with van der Waals surface area (Å²) in [4.78, 5) is 18.8. The molecule has 0 aliphatic heterocycles. The predicted molar refractivity (Wildman–Crippen MR) is 74.5 cm³/mol. The Balaban J connectivity index is 2.23. The zero-order valence-corrected chi connectivity index (χ0v) is 11.1. The number of nitroso groups, excluding NO2 is 1. The molecule has 0 aliphatic rings. The zero-order valence-electron chi connectivity index (χ0n) is 10.2. The van der Waals surface area contributed by atoms with E-state index in [9.17, 15) is 4.91 Å². The van der Waals surface area contributed by atoms with Crippen molar-refractivity contribution in [3.63, 3.8) is 0 Å². The van der Waals surface area contributed by atoms with Crippen LogP contribution in [0.2, 0.25) is 0 Å². The minimum atomic E-state index is -0.0614. The average Bonchev–Trinajstić information content (AvgIpc) is 2.45. The van der Waals surface area contributed by atoms with Crippen LogP contribution in [0.1, 0.15) is 5.56 Å². The second-order valence-corrected chi connectivity index (χ2v) is 4.39. The van der Waals surface area contributed by atoms with Gasteiger partial charge in [-0.3, -0.25) is 0 Å². The van der Waals surface area contributed by atoms with Crippen molar-refractivity contribution < 1.29 is 4.74 Å². The summed E-state index contributed by atoms with van der Waals surface area (Å²) in [5.74, 6) is 0.133. The highest BCUT2D eigenvalue weighted by atomic mass is 32.2. The maximum absolute atomic E-state index is 10.8. The molecule has 2 rings (SSSR count). The lowest BCUT2D eigenvalue weighted by Gasteiger charge is -2.08. The topological polar surface area (TPSA) is 90.5 Å². The van der Waals surface area contributed by atoms with Crippen LogP contribution in [0.3, 0.4) is 0 Å². The molecule has 0 saturated heterocycles. The first-order chi connectivity index (χ1) is 9.24. The molecule has 0 amide bonds. The van der Waals surface area contributed by atoms with E-state index in [-0.39, 0.29) is 24.0 Å². The van der Waals surface area contributed by atoms with Crippen molar-refractivity contribution in [1.82, 2.24) is 9.97 Å². The number of anilines is 1. The lowest BCUT2D eigenvalue weighted by atomic mass is 10.2. The van der Waals surface area contributed by atoms with Gasteiger partial charge in [0.15, 0.2) is 11.0 Å². The van der Waals surface area contributed by atoms with E-state index in [2.05, 4.69) is 15.1 Å². The molecule has 0 fully saturated rings. The molecule has 0 radical (unpaired) electrons. The van der Waals surface area contributed by atoms with E-state index in [1.807, 2.05) is 36.6 Å². The van der Waals surface area contributed by atoms with Gasteiger partial charge in [-0.2, -0.15) is 4.98 Å². The third-order valence-electron chi connectivity index (χ3n) is 2.35. The number of rotatable bonds is 5. The minimum Gasteiger partial charge on any atom is -0.471 e. The van der Waals surface area contributed by atoms with Gasteiger partial charge in [0.1, 0.15) is 6.61 Å². The van der Waals surface area contributed by atoms with Crippen LogP contribution in [0.25, 0.3) is 0 Å². The Bertz CT molecular complexity index is 577. The summed E-state index contributed by atoms with van der Waals surface area (Å²) in [5, 5.41) is 3.26. The molecule has 2 N–H and O–H groups in total. The van der Waals surface area contributed by atoms with Crippen LogP contribution in [-0.4, -0.2) is 16.2 Å². The standard InChI is InChI=1S/C12H12N4O2S/c1-19-12-14-10(13)9(16-17)11(15-12)18-7-8-5-3-2-4-6-8/h2-6H,7H2,1H3,(H2,13,14,15). The fraction of sp³-hybridized carbons (Fsp3) is 0.167. The molecule has 6 nitrogen and oxygen atoms in total. The Labute approximate surface area is 114 Å². The summed E-state index contributed by atoms with van der Waals surface area (Å²) in [6.07, 6.45) is 1.81. The molecule has 1 aromatic carbocycles. The Morgan fingerprint density at radius 3 is 2.68 bits per heavy atom. The van der Waals surface area contributed by atoms with Gasteiger partial charge in [-0.1, -0.05) is 42.1 Å². The first-order valence-electron chi connectivity index (χ1n) is 5.46. The summed E-state index contributed by atoms with van der Waals surface area (Å²) >= 11 is 1.31. The number of hydrogen-bond acceptors (Lipinski definition) is 7. The Morgan fingerprint density at radius 2 is 2.05 bits per heavy atom. The van der Waals surface area contributed by atoms with Crippen molar-refractivity contribution in [3.05, 3.63) is 40.8 Å². The monoisotopic (exact) mass is 276 g/mol. The molecule has 0 saturated carbocycles. The molecule has 0 atom stereocenters. The number of ether oxygens (including phenoxy) is 1. The first kappa shape index (κ1) is 13.3. The summed E-state index contributed by atoms with van der Waals surface area (Å²) < 4.78 is 5.50. The van der Waals surface area contributed by atoms with Gasteiger partial charge in [-0.25, -0.2) is 4.98 Å². The van der Waals surface area contributed by atoms with Crippen LogP contribution in [-0.2, 0) is 6.61 Å².